The number of rotatable bonds is 4. The van der Waals surface area contributed by atoms with E-state index in [1.165, 1.54) is 6.92 Å². The van der Waals surface area contributed by atoms with Crippen molar-refractivity contribution in [1.82, 2.24) is 5.32 Å². The van der Waals surface area contributed by atoms with Crippen molar-refractivity contribution in [2.75, 3.05) is 0 Å². The SMILES string of the molecule is CC(Cl)C(Cl)(Cl)C(O)NC=O. The smallest absolute Gasteiger partial charge is 0.209 e. The van der Waals surface area contributed by atoms with Crippen molar-refractivity contribution in [1.29, 1.82) is 0 Å². The van der Waals surface area contributed by atoms with Gasteiger partial charge >= 0.3 is 0 Å². The Bertz CT molecular complexity index is 140. The average molecular weight is 220 g/mol. The highest BCUT2D eigenvalue weighted by molar-refractivity contribution is 6.52. The fraction of sp³-hybridized carbons (Fsp3) is 0.800. The molecule has 0 fully saturated rings. The largest absolute Gasteiger partial charge is 0.370 e. The van der Waals surface area contributed by atoms with Gasteiger partial charge in [0.15, 0.2) is 10.6 Å². The van der Waals surface area contributed by atoms with Crippen LogP contribution in [0.3, 0.4) is 0 Å². The molecule has 0 bridgehead atoms. The molecule has 0 aromatic heterocycles. The molecule has 0 spiro atoms. The Balaban J connectivity index is 4.16. The summed E-state index contributed by atoms with van der Waals surface area (Å²) >= 11 is 16.6. The second kappa shape index (κ2) is 4.36. The Morgan fingerprint density at radius 1 is 1.64 bits per heavy atom. The summed E-state index contributed by atoms with van der Waals surface area (Å²) < 4.78 is -1.57. The van der Waals surface area contributed by atoms with E-state index in [4.69, 9.17) is 39.9 Å². The number of carbonyl (C=O) groups is 1. The summed E-state index contributed by atoms with van der Waals surface area (Å²) in [6.07, 6.45) is -1.07. The van der Waals surface area contributed by atoms with E-state index in [0.717, 1.165) is 0 Å². The number of hydrogen-bond acceptors (Lipinski definition) is 2. The Morgan fingerprint density at radius 2 is 2.09 bits per heavy atom. The molecule has 11 heavy (non-hydrogen) atoms. The van der Waals surface area contributed by atoms with Crippen LogP contribution < -0.4 is 5.32 Å². The van der Waals surface area contributed by atoms with Gasteiger partial charge in [0, 0.05) is 0 Å². The fourth-order valence-corrected chi connectivity index (χ4v) is 0.638. The highest BCUT2D eigenvalue weighted by Gasteiger charge is 2.38. The highest BCUT2D eigenvalue weighted by atomic mass is 35.5. The van der Waals surface area contributed by atoms with Crippen LogP contribution >= 0.6 is 34.8 Å². The van der Waals surface area contributed by atoms with Gasteiger partial charge in [-0.15, -0.1) is 11.6 Å². The summed E-state index contributed by atoms with van der Waals surface area (Å²) in [4.78, 5) is 9.85. The molecule has 0 heterocycles. The van der Waals surface area contributed by atoms with Crippen molar-refractivity contribution >= 4 is 41.2 Å². The monoisotopic (exact) mass is 219 g/mol. The van der Waals surface area contributed by atoms with Crippen LogP contribution in [0.15, 0.2) is 0 Å². The van der Waals surface area contributed by atoms with E-state index in [1.54, 1.807) is 0 Å². The predicted molar refractivity (Wildman–Crippen MR) is 45.0 cm³/mol. The zero-order chi connectivity index (χ0) is 9.07. The molecule has 0 aromatic rings. The third kappa shape index (κ3) is 3.03. The first kappa shape index (κ1) is 11.3. The minimum Gasteiger partial charge on any atom is -0.370 e. The van der Waals surface area contributed by atoms with Crippen LogP contribution in [0, 0.1) is 0 Å². The van der Waals surface area contributed by atoms with Gasteiger partial charge in [-0.25, -0.2) is 0 Å². The van der Waals surface area contributed by atoms with Crippen molar-refractivity contribution in [2.45, 2.75) is 22.9 Å². The van der Waals surface area contributed by atoms with Gasteiger partial charge in [-0.2, -0.15) is 0 Å². The maximum absolute atomic E-state index is 9.85. The molecule has 6 heteroatoms. The molecule has 0 saturated carbocycles. The molecule has 3 nitrogen and oxygen atoms in total. The minimum atomic E-state index is -1.57. The second-order valence-electron chi connectivity index (χ2n) is 1.98. The number of halogens is 3. The number of nitrogens with one attached hydrogen (secondary N) is 1. The molecule has 1 amide bonds. The lowest BCUT2D eigenvalue weighted by Gasteiger charge is -2.26. The van der Waals surface area contributed by atoms with Gasteiger partial charge in [0.25, 0.3) is 0 Å². The molecule has 0 rings (SSSR count). The number of aliphatic hydroxyl groups is 1. The van der Waals surface area contributed by atoms with Gasteiger partial charge in [0.1, 0.15) is 0 Å². The van der Waals surface area contributed by atoms with Crippen molar-refractivity contribution in [3.63, 3.8) is 0 Å². The van der Waals surface area contributed by atoms with Gasteiger partial charge in [0.05, 0.1) is 5.38 Å². The van der Waals surface area contributed by atoms with Gasteiger partial charge < -0.3 is 10.4 Å². The van der Waals surface area contributed by atoms with E-state index in [0.29, 0.717) is 6.41 Å². The molecule has 0 aromatic carbocycles. The Labute approximate surface area is 79.6 Å². The molecule has 0 aliphatic heterocycles. The Hall–Kier alpha value is 0.300. The molecule has 2 atom stereocenters. The van der Waals surface area contributed by atoms with E-state index in [1.807, 2.05) is 5.32 Å². The van der Waals surface area contributed by atoms with E-state index in [9.17, 15) is 4.79 Å². The van der Waals surface area contributed by atoms with Crippen LogP contribution in [-0.4, -0.2) is 27.5 Å². The molecule has 2 N–H and O–H groups in total. The predicted octanol–water partition coefficient (Wildman–Crippen LogP) is 0.852. The number of carbonyl (C=O) groups excluding carboxylic acids is 1. The lowest BCUT2D eigenvalue weighted by Crippen LogP contribution is -2.47. The van der Waals surface area contributed by atoms with E-state index < -0.39 is 15.9 Å². The van der Waals surface area contributed by atoms with Crippen molar-refractivity contribution < 1.29 is 9.90 Å². The summed E-state index contributed by atoms with van der Waals surface area (Å²) in [7, 11) is 0. The summed E-state index contributed by atoms with van der Waals surface area (Å²) in [5.74, 6) is 0. The summed E-state index contributed by atoms with van der Waals surface area (Å²) in [5, 5.41) is 10.4. The van der Waals surface area contributed by atoms with Crippen LogP contribution in [0.25, 0.3) is 0 Å². The highest BCUT2D eigenvalue weighted by Crippen LogP contribution is 2.31. The number of aliphatic hydroxyl groups excluding tert-OH is 1. The quantitative estimate of drug-likeness (QED) is 0.419. The van der Waals surface area contributed by atoms with Crippen molar-refractivity contribution in [3.8, 4) is 0 Å². The molecular formula is C5H8Cl3NO2. The molecule has 2 unspecified atom stereocenters. The topological polar surface area (TPSA) is 49.3 Å². The summed E-state index contributed by atoms with van der Waals surface area (Å²) in [6.45, 7) is 1.51. The Morgan fingerprint density at radius 3 is 2.36 bits per heavy atom. The molecule has 0 aliphatic rings. The van der Waals surface area contributed by atoms with Gasteiger partial charge in [-0.1, -0.05) is 23.2 Å². The van der Waals surface area contributed by atoms with Crippen LogP contribution in [0.4, 0.5) is 0 Å². The average Bonchev–Trinajstić information content (AvgIpc) is 1.88. The van der Waals surface area contributed by atoms with Gasteiger partial charge in [-0.05, 0) is 6.92 Å². The first-order valence-corrected chi connectivity index (χ1v) is 4.01. The summed E-state index contributed by atoms with van der Waals surface area (Å²) in [5.41, 5.74) is 0. The lowest BCUT2D eigenvalue weighted by atomic mass is 10.3. The van der Waals surface area contributed by atoms with Gasteiger partial charge in [0.2, 0.25) is 6.41 Å². The third-order valence-electron chi connectivity index (χ3n) is 1.12. The van der Waals surface area contributed by atoms with Crippen LogP contribution in [0.2, 0.25) is 0 Å². The van der Waals surface area contributed by atoms with Crippen molar-refractivity contribution in [3.05, 3.63) is 0 Å². The second-order valence-corrected chi connectivity index (χ2v) is 4.08. The lowest BCUT2D eigenvalue weighted by molar-refractivity contribution is -0.112. The Kier molecular flexibility index (Phi) is 4.48. The number of amides is 1. The standard InChI is InChI=1S/C5H8Cl3NO2/c1-3(6)5(7,8)4(11)9-2-10/h2-4,11H,1H3,(H,9,10). The minimum absolute atomic E-state index is 0.295. The number of hydrogen-bond donors (Lipinski definition) is 2. The van der Waals surface area contributed by atoms with Crippen LogP contribution in [0.5, 0.6) is 0 Å². The van der Waals surface area contributed by atoms with Crippen molar-refractivity contribution in [2.24, 2.45) is 0 Å². The maximum Gasteiger partial charge on any atom is 0.209 e. The third-order valence-corrected chi connectivity index (χ3v) is 2.76. The van der Waals surface area contributed by atoms with E-state index in [-0.39, 0.29) is 0 Å². The van der Waals surface area contributed by atoms with E-state index in [2.05, 4.69) is 0 Å². The first-order valence-electron chi connectivity index (χ1n) is 2.82. The molecule has 0 radical (unpaired) electrons. The zero-order valence-corrected chi connectivity index (χ0v) is 7.99. The van der Waals surface area contributed by atoms with Crippen LogP contribution in [-0.2, 0) is 4.79 Å². The van der Waals surface area contributed by atoms with Crippen LogP contribution in [0.1, 0.15) is 6.92 Å². The molecule has 0 saturated heterocycles. The molecule has 66 valence electrons. The summed E-state index contributed by atoms with van der Waals surface area (Å²) in [6, 6.07) is 0. The van der Waals surface area contributed by atoms with E-state index >= 15 is 0 Å². The molecular weight excluding hydrogens is 212 g/mol. The zero-order valence-electron chi connectivity index (χ0n) is 5.72. The maximum atomic E-state index is 9.85. The van der Waals surface area contributed by atoms with Gasteiger partial charge in [-0.3, -0.25) is 4.79 Å². The molecule has 0 aliphatic carbocycles. The first-order chi connectivity index (χ1) is 4.92. The number of alkyl halides is 3. The fourth-order valence-electron chi connectivity index (χ4n) is 0.393. The normalized spacial score (nSPS) is 17.2.